The molecule has 0 saturated heterocycles. The maximum atomic E-state index is 2.45. The van der Waals surface area contributed by atoms with Crippen LogP contribution in [0.25, 0.3) is 0 Å². The van der Waals surface area contributed by atoms with Crippen molar-refractivity contribution in [2.24, 2.45) is 0 Å². The zero-order valence-electron chi connectivity index (χ0n) is 19.2. The minimum Gasteiger partial charge on any atom is -0.0588 e. The van der Waals surface area contributed by atoms with E-state index < -0.39 is 0 Å². The van der Waals surface area contributed by atoms with Crippen molar-refractivity contribution in [3.63, 3.8) is 0 Å². The second kappa shape index (κ2) is 7.82. The van der Waals surface area contributed by atoms with Crippen LogP contribution in [0.5, 0.6) is 0 Å². The topological polar surface area (TPSA) is 0 Å². The highest BCUT2D eigenvalue weighted by atomic mass is 14.3. The molecule has 0 spiro atoms. The Morgan fingerprint density at radius 3 is 1.56 bits per heavy atom. The van der Waals surface area contributed by atoms with Gasteiger partial charge in [0.25, 0.3) is 0 Å². The summed E-state index contributed by atoms with van der Waals surface area (Å²) in [5.74, 6) is 0. The SMILES string of the molecule is CC(C)(C)c1ccc(CCCc2ccc(C(C)(C)C)cc2C(C)(C)C)cc1. The molecule has 0 heteroatoms. The van der Waals surface area contributed by atoms with Gasteiger partial charge in [-0.15, -0.1) is 0 Å². The van der Waals surface area contributed by atoms with Crippen LogP contribution >= 0.6 is 0 Å². The summed E-state index contributed by atoms with van der Waals surface area (Å²) in [5, 5.41) is 0. The zero-order valence-corrected chi connectivity index (χ0v) is 19.2. The van der Waals surface area contributed by atoms with Crippen LogP contribution in [0.15, 0.2) is 42.5 Å². The Balaban J connectivity index is 2.11. The lowest BCUT2D eigenvalue weighted by Gasteiger charge is -2.27. The summed E-state index contributed by atoms with van der Waals surface area (Å²) in [4.78, 5) is 0. The predicted octanol–water partition coefficient (Wildman–Crippen LogP) is 7.75. The minimum absolute atomic E-state index is 0.185. The Bertz CT molecular complexity index is 741. The minimum atomic E-state index is 0.185. The maximum Gasteiger partial charge on any atom is -0.0129 e. The second-order valence-corrected chi connectivity index (χ2v) is 11.2. The summed E-state index contributed by atoms with van der Waals surface area (Å²) in [6.07, 6.45) is 3.50. The van der Waals surface area contributed by atoms with Crippen molar-refractivity contribution in [1.82, 2.24) is 0 Å². The summed E-state index contributed by atoms with van der Waals surface area (Å²) >= 11 is 0. The summed E-state index contributed by atoms with van der Waals surface area (Å²) in [6.45, 7) is 20.7. The van der Waals surface area contributed by atoms with Gasteiger partial charge in [0, 0.05) is 0 Å². The van der Waals surface area contributed by atoms with E-state index in [2.05, 4.69) is 105 Å². The molecule has 0 aromatic heterocycles. The number of rotatable bonds is 4. The molecule has 0 amide bonds. The molecule has 2 rings (SSSR count). The first kappa shape index (κ1) is 21.7. The fraction of sp³-hybridized carbons (Fsp3) is 0.556. The van der Waals surface area contributed by atoms with E-state index in [0.717, 1.165) is 12.8 Å². The Hall–Kier alpha value is -1.56. The average molecular weight is 365 g/mol. The third kappa shape index (κ3) is 5.96. The number of hydrogen-bond acceptors (Lipinski definition) is 0. The van der Waals surface area contributed by atoms with Gasteiger partial charge in [0.15, 0.2) is 0 Å². The molecule has 148 valence electrons. The lowest BCUT2D eigenvalue weighted by Crippen LogP contribution is -2.18. The molecule has 0 unspecified atom stereocenters. The summed E-state index contributed by atoms with van der Waals surface area (Å²) in [6, 6.07) is 16.4. The molecule has 0 aliphatic carbocycles. The molecule has 2 aromatic carbocycles. The van der Waals surface area contributed by atoms with Crippen LogP contribution < -0.4 is 0 Å². The molecule has 0 bridgehead atoms. The molecule has 0 nitrogen and oxygen atoms in total. The van der Waals surface area contributed by atoms with E-state index in [4.69, 9.17) is 0 Å². The smallest absolute Gasteiger partial charge is 0.0129 e. The van der Waals surface area contributed by atoms with Crippen molar-refractivity contribution >= 4 is 0 Å². The molecule has 0 N–H and O–H groups in total. The highest BCUT2D eigenvalue weighted by Crippen LogP contribution is 2.32. The predicted molar refractivity (Wildman–Crippen MR) is 121 cm³/mol. The van der Waals surface area contributed by atoms with Crippen molar-refractivity contribution in [1.29, 1.82) is 0 Å². The van der Waals surface area contributed by atoms with Crippen molar-refractivity contribution in [3.05, 3.63) is 70.3 Å². The first-order valence-electron chi connectivity index (χ1n) is 10.5. The van der Waals surface area contributed by atoms with Gasteiger partial charge in [-0.3, -0.25) is 0 Å². The van der Waals surface area contributed by atoms with Gasteiger partial charge in [0.05, 0.1) is 0 Å². The van der Waals surface area contributed by atoms with E-state index in [1.165, 1.54) is 34.2 Å². The van der Waals surface area contributed by atoms with Gasteiger partial charge in [-0.05, 0) is 63.3 Å². The molecular formula is C27H40. The maximum absolute atomic E-state index is 2.45. The highest BCUT2D eigenvalue weighted by Gasteiger charge is 2.22. The highest BCUT2D eigenvalue weighted by molar-refractivity contribution is 5.39. The first-order chi connectivity index (χ1) is 12.3. The normalized spacial score (nSPS) is 13.1. The molecule has 0 aliphatic heterocycles. The average Bonchev–Trinajstić information content (AvgIpc) is 2.53. The molecule has 0 radical (unpaired) electrons. The summed E-state index contributed by atoms with van der Waals surface area (Å²) in [5.41, 5.74) is 7.95. The van der Waals surface area contributed by atoms with Crippen LogP contribution in [0.4, 0.5) is 0 Å². The molecule has 27 heavy (non-hydrogen) atoms. The van der Waals surface area contributed by atoms with Crippen molar-refractivity contribution < 1.29 is 0 Å². The standard InChI is InChI=1S/C27H40/c1-25(2,3)22-16-13-20(14-17-22)11-10-12-21-15-18-23(26(4,5)6)19-24(21)27(7,8)9/h13-19H,10-12H2,1-9H3. The third-order valence-corrected chi connectivity index (χ3v) is 5.52. The molecule has 0 fully saturated rings. The van der Waals surface area contributed by atoms with Crippen molar-refractivity contribution in [3.8, 4) is 0 Å². The third-order valence-electron chi connectivity index (χ3n) is 5.52. The molecular weight excluding hydrogens is 324 g/mol. The van der Waals surface area contributed by atoms with E-state index in [0.29, 0.717) is 0 Å². The van der Waals surface area contributed by atoms with Crippen LogP contribution in [0.1, 0.15) is 96.6 Å². The van der Waals surface area contributed by atoms with Crippen LogP contribution in [0, 0.1) is 0 Å². The van der Waals surface area contributed by atoms with E-state index in [9.17, 15) is 0 Å². The van der Waals surface area contributed by atoms with Crippen LogP contribution in [0.2, 0.25) is 0 Å². The van der Waals surface area contributed by atoms with Crippen molar-refractivity contribution in [2.75, 3.05) is 0 Å². The summed E-state index contributed by atoms with van der Waals surface area (Å²) in [7, 11) is 0. The fourth-order valence-electron chi connectivity index (χ4n) is 3.61. The Morgan fingerprint density at radius 1 is 0.556 bits per heavy atom. The Kier molecular flexibility index (Phi) is 6.30. The van der Waals surface area contributed by atoms with Gasteiger partial charge < -0.3 is 0 Å². The monoisotopic (exact) mass is 364 g/mol. The van der Waals surface area contributed by atoms with Gasteiger partial charge in [0.2, 0.25) is 0 Å². The molecule has 0 saturated carbocycles. The first-order valence-corrected chi connectivity index (χ1v) is 10.5. The van der Waals surface area contributed by atoms with Gasteiger partial charge in [-0.1, -0.05) is 105 Å². The second-order valence-electron chi connectivity index (χ2n) is 11.2. The quantitative estimate of drug-likeness (QED) is 0.520. The lowest BCUT2D eigenvalue weighted by atomic mass is 9.77. The Morgan fingerprint density at radius 2 is 1.07 bits per heavy atom. The van der Waals surface area contributed by atoms with Crippen LogP contribution in [-0.2, 0) is 29.1 Å². The molecule has 2 aromatic rings. The molecule has 0 aliphatic rings. The van der Waals surface area contributed by atoms with E-state index >= 15 is 0 Å². The number of aryl methyl sites for hydroxylation is 2. The largest absolute Gasteiger partial charge is 0.0588 e. The lowest BCUT2D eigenvalue weighted by molar-refractivity contribution is 0.561. The zero-order chi connectivity index (χ0) is 20.5. The number of hydrogen-bond donors (Lipinski definition) is 0. The summed E-state index contributed by atoms with van der Waals surface area (Å²) < 4.78 is 0. The molecule has 0 heterocycles. The van der Waals surface area contributed by atoms with Crippen LogP contribution in [-0.4, -0.2) is 0 Å². The number of benzene rings is 2. The van der Waals surface area contributed by atoms with Gasteiger partial charge >= 0.3 is 0 Å². The van der Waals surface area contributed by atoms with Crippen LogP contribution in [0.3, 0.4) is 0 Å². The Labute approximate surface area is 168 Å². The van der Waals surface area contributed by atoms with E-state index in [1.807, 2.05) is 0 Å². The van der Waals surface area contributed by atoms with Gasteiger partial charge in [-0.2, -0.15) is 0 Å². The fourth-order valence-corrected chi connectivity index (χ4v) is 3.61. The van der Waals surface area contributed by atoms with E-state index in [-0.39, 0.29) is 16.2 Å². The van der Waals surface area contributed by atoms with Gasteiger partial charge in [-0.25, -0.2) is 0 Å². The molecule has 0 atom stereocenters. The van der Waals surface area contributed by atoms with Gasteiger partial charge in [0.1, 0.15) is 0 Å². The van der Waals surface area contributed by atoms with E-state index in [1.54, 1.807) is 0 Å². The van der Waals surface area contributed by atoms with Crippen molar-refractivity contribution in [2.45, 2.75) is 97.8 Å².